The number of aromatic nitrogens is 1. The molecule has 0 unspecified atom stereocenters. The summed E-state index contributed by atoms with van der Waals surface area (Å²) < 4.78 is 27.6. The van der Waals surface area contributed by atoms with Gasteiger partial charge in [-0.3, -0.25) is 4.79 Å². The standard InChI is InChI=1S/C18H21N3O3S2/c1-14-5-7-15(8-6-14)26(23,24)21-11-3-10-20(12-13-21)18(22)16-4-2-9-19-17(16)25/h2,4-9H,3,10-13H2,1H3,(H,19,25). The number of hydrogen-bond donors (Lipinski definition) is 1. The first-order valence-electron chi connectivity index (χ1n) is 8.43. The number of nitrogens with zero attached hydrogens (tertiary/aromatic N) is 2. The molecule has 1 aromatic carbocycles. The topological polar surface area (TPSA) is 73.5 Å². The van der Waals surface area contributed by atoms with Crippen molar-refractivity contribution in [1.82, 2.24) is 14.2 Å². The van der Waals surface area contributed by atoms with Gasteiger partial charge in [0.2, 0.25) is 10.0 Å². The van der Waals surface area contributed by atoms with Gasteiger partial charge >= 0.3 is 0 Å². The molecule has 0 atom stereocenters. The zero-order valence-corrected chi connectivity index (χ0v) is 16.1. The quantitative estimate of drug-likeness (QED) is 0.816. The van der Waals surface area contributed by atoms with Crippen molar-refractivity contribution in [2.24, 2.45) is 0 Å². The maximum atomic E-state index is 12.9. The second kappa shape index (κ2) is 7.69. The Bertz CT molecular complexity index is 952. The Labute approximate surface area is 158 Å². The summed E-state index contributed by atoms with van der Waals surface area (Å²) >= 11 is 5.18. The molecule has 2 aromatic rings. The van der Waals surface area contributed by atoms with Gasteiger partial charge in [-0.2, -0.15) is 4.31 Å². The average Bonchev–Trinajstić information content (AvgIpc) is 2.89. The maximum Gasteiger partial charge on any atom is 0.256 e. The summed E-state index contributed by atoms with van der Waals surface area (Å²) in [7, 11) is -3.56. The van der Waals surface area contributed by atoms with Crippen molar-refractivity contribution in [3.63, 3.8) is 0 Å². The van der Waals surface area contributed by atoms with E-state index in [4.69, 9.17) is 12.2 Å². The van der Waals surface area contributed by atoms with Crippen molar-refractivity contribution in [2.45, 2.75) is 18.2 Å². The minimum Gasteiger partial charge on any atom is -0.352 e. The number of benzene rings is 1. The molecule has 6 nitrogen and oxygen atoms in total. The third-order valence-corrected chi connectivity index (χ3v) is 6.70. The summed E-state index contributed by atoms with van der Waals surface area (Å²) in [5, 5.41) is 0. The highest BCUT2D eigenvalue weighted by Crippen LogP contribution is 2.19. The molecule has 1 amide bonds. The molecule has 138 valence electrons. The summed E-state index contributed by atoms with van der Waals surface area (Å²) in [6.07, 6.45) is 2.26. The zero-order valence-electron chi connectivity index (χ0n) is 14.5. The molecule has 0 bridgehead atoms. The van der Waals surface area contributed by atoms with Crippen LogP contribution in [0.25, 0.3) is 0 Å². The molecule has 1 aliphatic heterocycles. The third kappa shape index (κ3) is 3.87. The van der Waals surface area contributed by atoms with Gasteiger partial charge in [-0.15, -0.1) is 0 Å². The number of sulfonamides is 1. The summed E-state index contributed by atoms with van der Waals surface area (Å²) in [6, 6.07) is 10.3. The molecule has 2 heterocycles. The van der Waals surface area contributed by atoms with E-state index in [9.17, 15) is 13.2 Å². The van der Waals surface area contributed by atoms with E-state index in [-0.39, 0.29) is 17.3 Å². The van der Waals surface area contributed by atoms with Crippen LogP contribution in [-0.4, -0.2) is 54.7 Å². The minimum absolute atomic E-state index is 0.165. The van der Waals surface area contributed by atoms with Gasteiger partial charge in [-0.05, 0) is 37.6 Å². The fourth-order valence-electron chi connectivity index (χ4n) is 2.96. The lowest BCUT2D eigenvalue weighted by atomic mass is 10.2. The molecule has 8 heteroatoms. The van der Waals surface area contributed by atoms with Crippen molar-refractivity contribution in [1.29, 1.82) is 0 Å². The largest absolute Gasteiger partial charge is 0.352 e. The van der Waals surface area contributed by atoms with Gasteiger partial charge in [0.15, 0.2) is 0 Å². The predicted octanol–water partition coefficient (Wildman–Crippen LogP) is 2.59. The smallest absolute Gasteiger partial charge is 0.256 e. The number of aryl methyl sites for hydroxylation is 1. The van der Waals surface area contributed by atoms with E-state index in [1.807, 2.05) is 6.92 Å². The van der Waals surface area contributed by atoms with Gasteiger partial charge in [0.05, 0.1) is 10.5 Å². The molecule has 1 saturated heterocycles. The van der Waals surface area contributed by atoms with Crippen LogP contribution in [-0.2, 0) is 10.0 Å². The van der Waals surface area contributed by atoms with Crippen molar-refractivity contribution in [2.75, 3.05) is 26.2 Å². The SMILES string of the molecule is Cc1ccc(S(=O)(=O)N2CCCN(C(=O)c3ccc[nH]c3=S)CC2)cc1. The molecule has 1 fully saturated rings. The second-order valence-electron chi connectivity index (χ2n) is 6.28. The molecular weight excluding hydrogens is 370 g/mol. The molecule has 1 aromatic heterocycles. The van der Waals surface area contributed by atoms with Gasteiger partial charge in [0.25, 0.3) is 5.91 Å². The molecule has 0 aliphatic carbocycles. The molecular formula is C18H21N3O3S2. The van der Waals surface area contributed by atoms with E-state index in [1.54, 1.807) is 47.5 Å². The van der Waals surface area contributed by atoms with Crippen LogP contribution < -0.4 is 0 Å². The van der Waals surface area contributed by atoms with Gasteiger partial charge in [-0.1, -0.05) is 29.9 Å². The number of H-pyrrole nitrogens is 1. The maximum absolute atomic E-state index is 12.9. The number of nitrogens with one attached hydrogen (secondary N) is 1. The van der Waals surface area contributed by atoms with Crippen molar-refractivity contribution >= 4 is 28.1 Å². The summed E-state index contributed by atoms with van der Waals surface area (Å²) in [5.74, 6) is -0.165. The van der Waals surface area contributed by atoms with E-state index >= 15 is 0 Å². The number of rotatable bonds is 3. The number of carbonyl (C=O) groups excluding carboxylic acids is 1. The van der Waals surface area contributed by atoms with E-state index in [1.165, 1.54) is 4.31 Å². The van der Waals surface area contributed by atoms with Crippen LogP contribution in [0.1, 0.15) is 22.3 Å². The Morgan fingerprint density at radius 2 is 1.81 bits per heavy atom. The van der Waals surface area contributed by atoms with Gasteiger partial charge in [0.1, 0.15) is 4.64 Å². The minimum atomic E-state index is -3.56. The first-order valence-corrected chi connectivity index (χ1v) is 10.3. The van der Waals surface area contributed by atoms with Crippen LogP contribution in [0.4, 0.5) is 0 Å². The first kappa shape index (κ1) is 18.8. The highest BCUT2D eigenvalue weighted by atomic mass is 32.2. The predicted molar refractivity (Wildman–Crippen MR) is 102 cm³/mol. The Kier molecular flexibility index (Phi) is 5.55. The monoisotopic (exact) mass is 391 g/mol. The third-order valence-electron chi connectivity index (χ3n) is 4.45. The first-order chi connectivity index (χ1) is 12.4. The highest BCUT2D eigenvalue weighted by Gasteiger charge is 2.28. The molecule has 0 spiro atoms. The Morgan fingerprint density at radius 1 is 1.08 bits per heavy atom. The van der Waals surface area contributed by atoms with Crippen LogP contribution in [0.3, 0.4) is 0 Å². The fourth-order valence-corrected chi connectivity index (χ4v) is 4.65. The van der Waals surface area contributed by atoms with Crippen LogP contribution in [0, 0.1) is 11.6 Å². The Hall–Kier alpha value is -2.03. The lowest BCUT2D eigenvalue weighted by molar-refractivity contribution is 0.0763. The second-order valence-corrected chi connectivity index (χ2v) is 8.62. The molecule has 1 N–H and O–H groups in total. The molecule has 1 aliphatic rings. The average molecular weight is 392 g/mol. The van der Waals surface area contributed by atoms with Crippen LogP contribution in [0.15, 0.2) is 47.5 Å². The van der Waals surface area contributed by atoms with Crippen LogP contribution >= 0.6 is 12.2 Å². The number of aromatic amines is 1. The molecule has 0 radical (unpaired) electrons. The Morgan fingerprint density at radius 3 is 2.50 bits per heavy atom. The highest BCUT2D eigenvalue weighted by molar-refractivity contribution is 7.89. The van der Waals surface area contributed by atoms with Gasteiger partial charge in [-0.25, -0.2) is 8.42 Å². The summed E-state index contributed by atoms with van der Waals surface area (Å²) in [6.45, 7) is 3.42. The lowest BCUT2D eigenvalue weighted by Gasteiger charge is -2.22. The number of carbonyl (C=O) groups is 1. The number of amides is 1. The normalized spacial score (nSPS) is 16.3. The summed E-state index contributed by atoms with van der Waals surface area (Å²) in [5.41, 5.74) is 1.45. The Balaban J connectivity index is 1.76. The fraction of sp³-hybridized carbons (Fsp3) is 0.333. The van der Waals surface area contributed by atoms with E-state index in [0.717, 1.165) is 5.56 Å². The zero-order chi connectivity index (χ0) is 18.7. The number of pyridine rings is 1. The van der Waals surface area contributed by atoms with Gasteiger partial charge < -0.3 is 9.88 Å². The van der Waals surface area contributed by atoms with Crippen molar-refractivity contribution in [3.05, 3.63) is 58.4 Å². The van der Waals surface area contributed by atoms with E-state index in [2.05, 4.69) is 4.98 Å². The lowest BCUT2D eigenvalue weighted by Crippen LogP contribution is -2.37. The van der Waals surface area contributed by atoms with E-state index < -0.39 is 10.0 Å². The van der Waals surface area contributed by atoms with Crippen molar-refractivity contribution < 1.29 is 13.2 Å². The molecule has 26 heavy (non-hydrogen) atoms. The van der Waals surface area contributed by atoms with Crippen molar-refractivity contribution in [3.8, 4) is 0 Å². The molecule has 0 saturated carbocycles. The van der Waals surface area contributed by atoms with Gasteiger partial charge in [0, 0.05) is 32.4 Å². The van der Waals surface area contributed by atoms with Crippen LogP contribution in [0.2, 0.25) is 0 Å². The van der Waals surface area contributed by atoms with E-state index in [0.29, 0.717) is 36.3 Å². The number of hydrogen-bond acceptors (Lipinski definition) is 4. The summed E-state index contributed by atoms with van der Waals surface area (Å²) in [4.78, 5) is 17.5. The molecule has 3 rings (SSSR count). The van der Waals surface area contributed by atoms with Crippen LogP contribution in [0.5, 0.6) is 0 Å².